The van der Waals surface area contributed by atoms with Gasteiger partial charge in [-0.15, -0.1) is 0 Å². The Morgan fingerprint density at radius 3 is 2.71 bits per heavy atom. The van der Waals surface area contributed by atoms with E-state index in [1.54, 1.807) is 14.2 Å². The highest BCUT2D eigenvalue weighted by atomic mass is 16.5. The molecule has 1 aliphatic rings. The van der Waals surface area contributed by atoms with Crippen LogP contribution in [0.5, 0.6) is 11.5 Å². The summed E-state index contributed by atoms with van der Waals surface area (Å²) in [5, 5.41) is 4.41. The van der Waals surface area contributed by atoms with Gasteiger partial charge in [0.2, 0.25) is 0 Å². The summed E-state index contributed by atoms with van der Waals surface area (Å²) in [5.74, 6) is 1.56. The molecule has 0 saturated heterocycles. The first-order valence-corrected chi connectivity index (χ1v) is 7.18. The Hall–Kier alpha value is -2.01. The number of hydrogen-bond acceptors (Lipinski definition) is 5. The van der Waals surface area contributed by atoms with Crippen molar-refractivity contribution in [2.24, 2.45) is 0 Å². The molecule has 0 amide bonds. The summed E-state index contributed by atoms with van der Waals surface area (Å²) < 4.78 is 16.6. The molecule has 0 unspecified atom stereocenters. The monoisotopic (exact) mass is 288 g/mol. The van der Waals surface area contributed by atoms with Crippen LogP contribution in [0, 0.1) is 0 Å². The molecule has 1 N–H and O–H groups in total. The second-order valence-electron chi connectivity index (χ2n) is 4.94. The second kappa shape index (κ2) is 5.77. The maximum atomic E-state index is 5.61. The fourth-order valence-corrected chi connectivity index (χ4v) is 2.82. The number of ether oxygens (including phenoxy) is 3. The summed E-state index contributed by atoms with van der Waals surface area (Å²) in [6, 6.07) is 3.81. The van der Waals surface area contributed by atoms with E-state index in [-0.39, 0.29) is 0 Å². The smallest absolute Gasteiger partial charge is 0.145 e. The lowest BCUT2D eigenvalue weighted by Gasteiger charge is -2.23. The first kappa shape index (κ1) is 13.9. The zero-order valence-electron chi connectivity index (χ0n) is 12.7. The van der Waals surface area contributed by atoms with E-state index < -0.39 is 0 Å². The minimum atomic E-state index is 0.584. The number of nitrogens with one attached hydrogen (secondary N) is 1. The van der Waals surface area contributed by atoms with Gasteiger partial charge in [-0.05, 0) is 19.1 Å². The zero-order chi connectivity index (χ0) is 14.8. The lowest BCUT2D eigenvalue weighted by Crippen LogP contribution is -2.16. The van der Waals surface area contributed by atoms with Gasteiger partial charge < -0.3 is 19.5 Å². The van der Waals surface area contributed by atoms with Crippen molar-refractivity contribution >= 4 is 16.6 Å². The third-order valence-electron chi connectivity index (χ3n) is 3.77. The van der Waals surface area contributed by atoms with Gasteiger partial charge >= 0.3 is 0 Å². The molecule has 2 heterocycles. The van der Waals surface area contributed by atoms with E-state index in [2.05, 4.69) is 12.2 Å². The molecule has 0 fully saturated rings. The van der Waals surface area contributed by atoms with E-state index in [9.17, 15) is 0 Å². The predicted octanol–water partition coefficient (Wildman–Crippen LogP) is 2.76. The first-order valence-electron chi connectivity index (χ1n) is 7.18. The minimum Gasteiger partial charge on any atom is -0.496 e. The third-order valence-corrected chi connectivity index (χ3v) is 3.77. The number of anilines is 1. The lowest BCUT2D eigenvalue weighted by atomic mass is 10.0. The van der Waals surface area contributed by atoms with Crippen LogP contribution in [0.2, 0.25) is 0 Å². The average molecular weight is 288 g/mol. The van der Waals surface area contributed by atoms with Gasteiger partial charge in [-0.1, -0.05) is 0 Å². The summed E-state index contributed by atoms with van der Waals surface area (Å²) >= 11 is 0. The normalized spacial score (nSPS) is 13.9. The van der Waals surface area contributed by atoms with Crippen molar-refractivity contribution in [2.75, 3.05) is 32.7 Å². The van der Waals surface area contributed by atoms with Gasteiger partial charge in [-0.25, -0.2) is 4.98 Å². The number of rotatable bonds is 4. The molecule has 1 aromatic carbocycles. The molecule has 5 heteroatoms. The molecule has 5 nitrogen and oxygen atoms in total. The lowest BCUT2D eigenvalue weighted by molar-refractivity contribution is 0.110. The maximum Gasteiger partial charge on any atom is 0.145 e. The van der Waals surface area contributed by atoms with E-state index in [0.717, 1.165) is 52.3 Å². The van der Waals surface area contributed by atoms with Crippen LogP contribution >= 0.6 is 0 Å². The van der Waals surface area contributed by atoms with Crippen LogP contribution in [0.15, 0.2) is 12.1 Å². The number of fused-ring (bicyclic) bond motifs is 2. The zero-order valence-corrected chi connectivity index (χ0v) is 12.7. The molecule has 0 spiro atoms. The van der Waals surface area contributed by atoms with E-state index in [0.29, 0.717) is 13.2 Å². The molecule has 0 bridgehead atoms. The molecular weight excluding hydrogens is 268 g/mol. The Kier molecular flexibility index (Phi) is 3.84. The Morgan fingerprint density at radius 1 is 1.24 bits per heavy atom. The Balaban J connectivity index is 2.38. The number of pyridine rings is 1. The van der Waals surface area contributed by atoms with Crippen molar-refractivity contribution in [1.82, 2.24) is 4.98 Å². The topological polar surface area (TPSA) is 52.6 Å². The molecule has 112 valence electrons. The van der Waals surface area contributed by atoms with Gasteiger partial charge in [0.15, 0.2) is 0 Å². The average Bonchev–Trinajstić information content (AvgIpc) is 2.53. The van der Waals surface area contributed by atoms with Crippen molar-refractivity contribution < 1.29 is 14.2 Å². The number of benzene rings is 1. The molecule has 1 aliphatic heterocycles. The quantitative estimate of drug-likeness (QED) is 0.937. The van der Waals surface area contributed by atoms with Gasteiger partial charge in [0.1, 0.15) is 17.0 Å². The summed E-state index contributed by atoms with van der Waals surface area (Å²) in [7, 11) is 3.34. The molecule has 0 atom stereocenters. The van der Waals surface area contributed by atoms with Crippen molar-refractivity contribution in [3.05, 3.63) is 23.4 Å². The van der Waals surface area contributed by atoms with Crippen LogP contribution in [0.25, 0.3) is 10.9 Å². The molecule has 2 aromatic rings. The molecule has 1 aromatic heterocycles. The van der Waals surface area contributed by atoms with Crippen molar-refractivity contribution in [1.29, 1.82) is 0 Å². The second-order valence-corrected chi connectivity index (χ2v) is 4.94. The highest BCUT2D eigenvalue weighted by Gasteiger charge is 2.22. The number of aromatic nitrogens is 1. The summed E-state index contributed by atoms with van der Waals surface area (Å²) in [5.41, 5.74) is 4.10. The number of methoxy groups -OCH3 is 2. The van der Waals surface area contributed by atoms with Crippen LogP contribution in [-0.2, 0) is 17.8 Å². The van der Waals surface area contributed by atoms with Crippen molar-refractivity contribution in [3.8, 4) is 11.5 Å². The molecular formula is C16H20N2O3. The van der Waals surface area contributed by atoms with E-state index >= 15 is 0 Å². The van der Waals surface area contributed by atoms with Gasteiger partial charge in [-0.3, -0.25) is 0 Å². The molecule has 21 heavy (non-hydrogen) atoms. The highest BCUT2D eigenvalue weighted by molar-refractivity contribution is 6.01. The number of hydrogen-bond donors (Lipinski definition) is 1. The predicted molar refractivity (Wildman–Crippen MR) is 82.4 cm³/mol. The van der Waals surface area contributed by atoms with Gasteiger partial charge in [-0.2, -0.15) is 0 Å². The Bertz CT molecular complexity index is 670. The largest absolute Gasteiger partial charge is 0.496 e. The van der Waals surface area contributed by atoms with E-state index in [4.69, 9.17) is 19.2 Å². The van der Waals surface area contributed by atoms with Crippen LogP contribution in [0.3, 0.4) is 0 Å². The fourth-order valence-electron chi connectivity index (χ4n) is 2.82. The molecule has 0 saturated carbocycles. The number of nitrogens with zero attached hydrogens (tertiary/aromatic N) is 1. The van der Waals surface area contributed by atoms with E-state index in [1.807, 2.05) is 12.1 Å². The summed E-state index contributed by atoms with van der Waals surface area (Å²) in [6.45, 7) is 4.20. The molecule has 3 rings (SSSR count). The highest BCUT2D eigenvalue weighted by Crippen LogP contribution is 2.40. The molecule has 0 aliphatic carbocycles. The summed E-state index contributed by atoms with van der Waals surface area (Å²) in [4.78, 5) is 4.81. The van der Waals surface area contributed by atoms with Gasteiger partial charge in [0.05, 0.1) is 44.2 Å². The van der Waals surface area contributed by atoms with Crippen LogP contribution in [0.4, 0.5) is 5.69 Å². The standard InChI is InChI=1S/C16H20N2O3/c1-4-17-15-10-9-21-8-7-11(10)18-16-13(20-3)6-5-12(19-2)14(15)16/h5-6H,4,7-9H2,1-3H3,(H,17,18). The summed E-state index contributed by atoms with van der Waals surface area (Å²) in [6.07, 6.45) is 0.823. The van der Waals surface area contributed by atoms with Crippen LogP contribution in [0.1, 0.15) is 18.2 Å². The van der Waals surface area contributed by atoms with Gasteiger partial charge in [0.25, 0.3) is 0 Å². The maximum absolute atomic E-state index is 5.61. The van der Waals surface area contributed by atoms with Crippen molar-refractivity contribution in [2.45, 2.75) is 20.0 Å². The van der Waals surface area contributed by atoms with Crippen LogP contribution < -0.4 is 14.8 Å². The van der Waals surface area contributed by atoms with E-state index in [1.165, 1.54) is 0 Å². The Morgan fingerprint density at radius 2 is 2.00 bits per heavy atom. The minimum absolute atomic E-state index is 0.584. The van der Waals surface area contributed by atoms with Crippen LogP contribution in [-0.4, -0.2) is 32.4 Å². The molecule has 0 radical (unpaired) electrons. The Labute approximate surface area is 124 Å². The van der Waals surface area contributed by atoms with Crippen molar-refractivity contribution in [3.63, 3.8) is 0 Å². The fraction of sp³-hybridized carbons (Fsp3) is 0.438. The SMILES string of the molecule is CCNc1c2c(nc3c(OC)ccc(OC)c13)CCOC2. The first-order chi connectivity index (χ1) is 10.3. The third kappa shape index (κ3) is 2.27. The van der Waals surface area contributed by atoms with Gasteiger partial charge in [0, 0.05) is 18.5 Å².